The second-order valence-corrected chi connectivity index (χ2v) is 20.6. The number of H-pyrrole nitrogens is 2. The molecule has 2 atom stereocenters. The number of aromatic amines is 2. The lowest BCUT2D eigenvalue weighted by atomic mass is 9.85. The number of hydrogen-bond acceptors (Lipinski definition) is 12. The number of hydrogen-bond donors (Lipinski definition) is 6. The van der Waals surface area contributed by atoms with Crippen LogP contribution in [0.4, 0.5) is 32.6 Å². The van der Waals surface area contributed by atoms with Crippen LogP contribution in [0.3, 0.4) is 0 Å². The van der Waals surface area contributed by atoms with Crippen LogP contribution in [-0.4, -0.2) is 85.2 Å². The zero-order valence-corrected chi connectivity index (χ0v) is 35.5. The fraction of sp³-hybridized carbons (Fsp3) is 0.512. The SMILES string of the molecule is CC(C)NC(=O)OC1CCC(c2cc(Nc3ccc4c(c3)S(=O)(=O)CC4)n[nH]2)CC1.CC(C)NC(=O)O[C@@H]1CC[C@H](c2cc(Nc3ccc4c(c3)S(=O)(=O)CC4)n[nH]2)C1. The Morgan fingerprint density at radius 3 is 1.56 bits per heavy atom. The molecule has 2 fully saturated rings. The average molecular weight is 851 g/mol. The Labute approximate surface area is 345 Å². The van der Waals surface area contributed by atoms with Gasteiger partial charge in [-0.05, 0) is 121 Å². The Balaban J connectivity index is 0.000000179. The zero-order chi connectivity index (χ0) is 41.9. The number of anilines is 4. The molecule has 2 saturated carbocycles. The molecule has 0 spiro atoms. The molecule has 8 rings (SSSR count). The molecular weight excluding hydrogens is 797 g/mol. The van der Waals surface area contributed by atoms with Crippen molar-refractivity contribution >= 4 is 54.9 Å². The van der Waals surface area contributed by atoms with E-state index < -0.39 is 19.7 Å². The molecule has 2 aromatic heterocycles. The van der Waals surface area contributed by atoms with E-state index in [0.29, 0.717) is 51.6 Å². The maximum absolute atomic E-state index is 12.1. The molecule has 4 aliphatic rings. The fourth-order valence-corrected chi connectivity index (χ4v) is 11.3. The van der Waals surface area contributed by atoms with Crippen molar-refractivity contribution in [3.8, 4) is 0 Å². The highest BCUT2D eigenvalue weighted by Crippen LogP contribution is 2.37. The Morgan fingerprint density at radius 2 is 1.07 bits per heavy atom. The van der Waals surface area contributed by atoms with Crippen molar-refractivity contribution in [1.29, 1.82) is 0 Å². The monoisotopic (exact) mass is 850 g/mol. The number of nitrogens with zero attached hydrogens (tertiary/aromatic N) is 2. The van der Waals surface area contributed by atoms with Crippen LogP contribution in [0.15, 0.2) is 58.3 Å². The van der Waals surface area contributed by atoms with Gasteiger partial charge in [-0.3, -0.25) is 10.2 Å². The number of amides is 2. The predicted octanol–water partition coefficient (Wildman–Crippen LogP) is 6.90. The lowest BCUT2D eigenvalue weighted by Crippen LogP contribution is -2.34. The first kappa shape index (κ1) is 42.0. The average Bonchev–Trinajstić information content (AvgIpc) is 4.02. The number of benzene rings is 2. The van der Waals surface area contributed by atoms with Crippen LogP contribution >= 0.6 is 0 Å². The van der Waals surface area contributed by atoms with E-state index in [1.54, 1.807) is 12.1 Å². The van der Waals surface area contributed by atoms with Gasteiger partial charge in [0.05, 0.1) is 21.3 Å². The molecule has 2 amide bonds. The van der Waals surface area contributed by atoms with Gasteiger partial charge in [-0.25, -0.2) is 26.4 Å². The highest BCUT2D eigenvalue weighted by molar-refractivity contribution is 7.92. The van der Waals surface area contributed by atoms with Crippen molar-refractivity contribution in [2.45, 2.75) is 131 Å². The van der Waals surface area contributed by atoms with Crippen LogP contribution in [0, 0.1) is 0 Å². The number of carbonyl (C=O) groups excluding carboxylic acids is 2. The second kappa shape index (κ2) is 17.6. The van der Waals surface area contributed by atoms with Crippen LogP contribution in [0.2, 0.25) is 0 Å². The summed E-state index contributed by atoms with van der Waals surface area (Å²) in [4.78, 5) is 24.4. The summed E-state index contributed by atoms with van der Waals surface area (Å²) < 4.78 is 59.5. The Hall–Kier alpha value is -5.10. The van der Waals surface area contributed by atoms with Gasteiger partial charge in [-0.15, -0.1) is 0 Å². The smallest absolute Gasteiger partial charge is 0.407 e. The number of carbonyl (C=O) groups is 2. The van der Waals surface area contributed by atoms with E-state index in [-0.39, 0.29) is 53.9 Å². The number of alkyl carbamates (subject to hydrolysis) is 2. The summed E-state index contributed by atoms with van der Waals surface area (Å²) in [6.45, 7) is 7.61. The molecule has 0 bridgehead atoms. The summed E-state index contributed by atoms with van der Waals surface area (Å²) in [5.41, 5.74) is 5.19. The van der Waals surface area contributed by atoms with Gasteiger partial charge in [0, 0.05) is 58.8 Å². The first-order chi connectivity index (χ1) is 28.1. The normalized spacial score (nSPS) is 22.5. The second-order valence-electron chi connectivity index (χ2n) is 16.5. The molecule has 59 heavy (non-hydrogen) atoms. The van der Waals surface area contributed by atoms with E-state index in [2.05, 4.69) is 41.7 Å². The zero-order valence-electron chi connectivity index (χ0n) is 33.8. The van der Waals surface area contributed by atoms with E-state index in [0.717, 1.165) is 67.5 Å². The van der Waals surface area contributed by atoms with Gasteiger partial charge >= 0.3 is 12.2 Å². The quantitative estimate of drug-likeness (QED) is 0.0959. The van der Waals surface area contributed by atoms with E-state index >= 15 is 0 Å². The van der Waals surface area contributed by atoms with Gasteiger partial charge in [0.25, 0.3) is 0 Å². The summed E-state index contributed by atoms with van der Waals surface area (Å²) in [6, 6.07) is 14.9. The number of ether oxygens (including phenoxy) is 2. The first-order valence-electron chi connectivity index (χ1n) is 20.4. The molecule has 0 unspecified atom stereocenters. The molecule has 18 heteroatoms. The third kappa shape index (κ3) is 10.6. The molecule has 4 heterocycles. The maximum Gasteiger partial charge on any atom is 0.407 e. The maximum atomic E-state index is 12.1. The van der Waals surface area contributed by atoms with Crippen molar-refractivity contribution in [2.24, 2.45) is 0 Å². The Bertz CT molecular complexity index is 2370. The number of aromatic nitrogens is 4. The number of nitrogens with one attached hydrogen (secondary N) is 6. The molecule has 2 aliphatic carbocycles. The minimum absolute atomic E-state index is 0.0473. The molecule has 6 N–H and O–H groups in total. The summed E-state index contributed by atoms with van der Waals surface area (Å²) >= 11 is 0. The number of sulfone groups is 2. The third-order valence-electron chi connectivity index (χ3n) is 11.1. The molecule has 318 valence electrons. The topological polar surface area (TPSA) is 226 Å². The number of rotatable bonds is 10. The van der Waals surface area contributed by atoms with Crippen LogP contribution in [-0.2, 0) is 42.0 Å². The third-order valence-corrected chi connectivity index (χ3v) is 14.7. The van der Waals surface area contributed by atoms with Crippen molar-refractivity contribution in [1.82, 2.24) is 31.0 Å². The summed E-state index contributed by atoms with van der Waals surface area (Å²) in [6.07, 6.45) is 6.25. The van der Waals surface area contributed by atoms with E-state index in [1.165, 1.54) is 0 Å². The predicted molar refractivity (Wildman–Crippen MR) is 223 cm³/mol. The van der Waals surface area contributed by atoms with Gasteiger partial charge in [0.2, 0.25) is 0 Å². The molecule has 2 aromatic carbocycles. The van der Waals surface area contributed by atoms with Crippen molar-refractivity contribution in [2.75, 3.05) is 22.1 Å². The number of fused-ring (bicyclic) bond motifs is 2. The van der Waals surface area contributed by atoms with Crippen LogP contribution in [0.1, 0.15) is 107 Å². The van der Waals surface area contributed by atoms with E-state index in [9.17, 15) is 26.4 Å². The van der Waals surface area contributed by atoms with Gasteiger partial charge in [-0.1, -0.05) is 12.1 Å². The summed E-state index contributed by atoms with van der Waals surface area (Å²) in [5.74, 6) is 2.24. The first-order valence-corrected chi connectivity index (χ1v) is 23.7. The van der Waals surface area contributed by atoms with E-state index in [1.807, 2.05) is 64.1 Å². The fourth-order valence-electron chi connectivity index (χ4n) is 8.14. The van der Waals surface area contributed by atoms with Crippen LogP contribution in [0.5, 0.6) is 0 Å². The Morgan fingerprint density at radius 1 is 0.627 bits per heavy atom. The largest absolute Gasteiger partial charge is 0.446 e. The minimum atomic E-state index is -3.17. The molecule has 2 aliphatic heterocycles. The van der Waals surface area contributed by atoms with Gasteiger partial charge < -0.3 is 30.7 Å². The molecular formula is C41H54N8O8S2. The standard InChI is InChI=1S/C21H28N4O4S.C20H26N4O4S/c1-13(2)22-21(26)29-17-7-4-14(5-8-17)18-12-20(25-24-18)23-16-6-3-15-9-10-30(27,28)19(15)11-16;1-12(2)21-20(25)28-16-6-4-14(9-16)17-11-19(24-23-17)22-15-5-3-13-7-8-29(26,27)18(13)10-15/h3,6,11-14,17H,4-5,7-10H2,1-2H3,(H,22,26)(H2,23,24,25);3,5,10-12,14,16H,4,6-9H2,1-2H3,(H,21,25)(H2,22,23,24)/t;14-,16+/m.0/s1. The van der Waals surface area contributed by atoms with Gasteiger partial charge in [-0.2, -0.15) is 10.2 Å². The van der Waals surface area contributed by atoms with Crippen molar-refractivity contribution in [3.63, 3.8) is 0 Å². The minimum Gasteiger partial charge on any atom is -0.446 e. The summed E-state index contributed by atoms with van der Waals surface area (Å²) in [7, 11) is -6.33. The highest BCUT2D eigenvalue weighted by atomic mass is 32.2. The van der Waals surface area contributed by atoms with Crippen LogP contribution < -0.4 is 21.3 Å². The van der Waals surface area contributed by atoms with Crippen molar-refractivity contribution < 1.29 is 35.9 Å². The molecule has 0 saturated heterocycles. The lowest BCUT2D eigenvalue weighted by Gasteiger charge is -2.27. The molecule has 0 radical (unpaired) electrons. The lowest BCUT2D eigenvalue weighted by molar-refractivity contribution is 0.0697. The van der Waals surface area contributed by atoms with Crippen molar-refractivity contribution in [3.05, 3.63) is 71.0 Å². The summed E-state index contributed by atoms with van der Waals surface area (Å²) in [5, 5.41) is 26.7. The number of aryl methyl sites for hydroxylation is 2. The van der Waals surface area contributed by atoms with Gasteiger partial charge in [0.15, 0.2) is 31.3 Å². The van der Waals surface area contributed by atoms with E-state index in [4.69, 9.17) is 9.47 Å². The highest BCUT2D eigenvalue weighted by Gasteiger charge is 2.31. The van der Waals surface area contributed by atoms with Gasteiger partial charge in [0.1, 0.15) is 12.2 Å². The molecule has 4 aromatic rings. The molecule has 16 nitrogen and oxygen atoms in total. The Kier molecular flexibility index (Phi) is 12.6. The van der Waals surface area contributed by atoms with Crippen LogP contribution in [0.25, 0.3) is 0 Å².